The number of anilines is 2. The normalized spacial score (nSPS) is 11.0. The fourth-order valence-corrected chi connectivity index (χ4v) is 5.34. The molecule has 0 spiro atoms. The molecule has 6 rings (SSSR count). The Morgan fingerprint density at radius 3 is 2.24 bits per heavy atom. The Balaban J connectivity index is 1.64. The number of aromatic amines is 1. The Kier molecular flexibility index (Phi) is 7.05. The summed E-state index contributed by atoms with van der Waals surface area (Å²) >= 11 is 1.23. The molecule has 0 atom stereocenters. The zero-order valence-electron chi connectivity index (χ0n) is 22.3. The number of thiazole rings is 1. The van der Waals surface area contributed by atoms with E-state index >= 15 is 0 Å². The van der Waals surface area contributed by atoms with E-state index in [1.807, 2.05) is 60.7 Å². The molecular weight excluding hydrogens is 538 g/mol. The van der Waals surface area contributed by atoms with Gasteiger partial charge in [0, 0.05) is 5.56 Å². The summed E-state index contributed by atoms with van der Waals surface area (Å²) in [4.78, 5) is 34.5. The van der Waals surface area contributed by atoms with E-state index < -0.39 is 5.97 Å². The highest BCUT2D eigenvalue weighted by molar-refractivity contribution is 7.14. The van der Waals surface area contributed by atoms with Crippen LogP contribution in [0.25, 0.3) is 39.2 Å². The minimum Gasteiger partial charge on any atom is -0.497 e. The first kappa shape index (κ1) is 26.0. The van der Waals surface area contributed by atoms with E-state index in [2.05, 4.69) is 15.3 Å². The molecule has 0 aliphatic heterocycles. The molecule has 0 radical (unpaired) electrons. The number of nitrogens with one attached hydrogen (secondary N) is 2. The molecular formula is C31H25N5O4S. The van der Waals surface area contributed by atoms with Gasteiger partial charge in [0.2, 0.25) is 0 Å². The van der Waals surface area contributed by atoms with Crippen molar-refractivity contribution < 1.29 is 14.3 Å². The number of H-pyrrole nitrogens is 1. The molecule has 2 N–H and O–H groups in total. The first-order valence-electron chi connectivity index (χ1n) is 12.9. The van der Waals surface area contributed by atoms with Crippen LogP contribution in [0.5, 0.6) is 5.75 Å². The number of aromatic nitrogens is 4. The van der Waals surface area contributed by atoms with Crippen LogP contribution in [0.3, 0.4) is 0 Å². The molecule has 9 nitrogen and oxygen atoms in total. The van der Waals surface area contributed by atoms with Crippen molar-refractivity contribution in [3.8, 4) is 39.3 Å². The molecule has 0 aliphatic carbocycles. The minimum atomic E-state index is -0.550. The van der Waals surface area contributed by atoms with Crippen molar-refractivity contribution in [1.82, 2.24) is 19.6 Å². The number of hydrogen-bond acceptors (Lipinski definition) is 8. The third kappa shape index (κ3) is 4.85. The third-order valence-corrected chi connectivity index (χ3v) is 7.29. The molecule has 0 unspecified atom stereocenters. The number of methoxy groups -OCH3 is 1. The van der Waals surface area contributed by atoms with Gasteiger partial charge in [-0.15, -0.1) is 11.3 Å². The molecule has 0 bridgehead atoms. The second-order valence-electron chi connectivity index (χ2n) is 9.00. The molecule has 0 fully saturated rings. The number of fused-ring (bicyclic) bond motifs is 1. The van der Waals surface area contributed by atoms with Gasteiger partial charge in [0.1, 0.15) is 27.9 Å². The second kappa shape index (κ2) is 11.1. The Labute approximate surface area is 239 Å². The van der Waals surface area contributed by atoms with Gasteiger partial charge in [-0.1, -0.05) is 72.8 Å². The van der Waals surface area contributed by atoms with E-state index in [1.54, 1.807) is 43.8 Å². The molecule has 0 amide bonds. The van der Waals surface area contributed by atoms with E-state index in [1.165, 1.54) is 15.9 Å². The summed E-state index contributed by atoms with van der Waals surface area (Å²) in [6.07, 6.45) is 0. The molecule has 6 aromatic rings. The van der Waals surface area contributed by atoms with Crippen molar-refractivity contribution in [3.05, 3.63) is 106 Å². The smallest absolute Gasteiger partial charge is 0.360 e. The van der Waals surface area contributed by atoms with Crippen LogP contribution in [0.2, 0.25) is 0 Å². The lowest BCUT2D eigenvalue weighted by Crippen LogP contribution is -2.20. The molecule has 3 heterocycles. The Morgan fingerprint density at radius 1 is 0.927 bits per heavy atom. The number of nitrogens with zero attached hydrogens (tertiary/aromatic N) is 3. The Hall–Kier alpha value is -5.22. The van der Waals surface area contributed by atoms with Crippen LogP contribution in [0.1, 0.15) is 17.4 Å². The molecule has 0 aliphatic rings. The largest absolute Gasteiger partial charge is 0.497 e. The van der Waals surface area contributed by atoms with Crippen LogP contribution in [0.4, 0.5) is 10.8 Å². The van der Waals surface area contributed by atoms with Gasteiger partial charge in [0.15, 0.2) is 5.69 Å². The number of rotatable bonds is 8. The zero-order chi connectivity index (χ0) is 28.3. The lowest BCUT2D eigenvalue weighted by molar-refractivity contribution is 0.0521. The Morgan fingerprint density at radius 2 is 1.59 bits per heavy atom. The first-order chi connectivity index (χ1) is 20.1. The molecule has 204 valence electrons. The van der Waals surface area contributed by atoms with Gasteiger partial charge >= 0.3 is 5.97 Å². The molecule has 41 heavy (non-hydrogen) atoms. The van der Waals surface area contributed by atoms with Crippen LogP contribution < -0.4 is 15.6 Å². The van der Waals surface area contributed by atoms with Gasteiger partial charge in [0.05, 0.1) is 30.4 Å². The SMILES string of the molecule is CCOC(=O)c1ncsc1Nc1[nH]c2c(-c3ccccc3)c(-c3ccccc3)nn2c(=O)c1-c1ccc(OC)cc1. The standard InChI is InChI=1S/C31H25N5O4S/c1-3-40-31(38)26-29(41-18-32-26)34-27-24(20-14-16-22(39-2)17-15-20)30(37)36-28(33-27)23(19-10-6-4-7-11-19)25(35-36)21-12-8-5-9-13-21/h4-18,33-34H,3H2,1-2H3. The van der Waals surface area contributed by atoms with Crippen molar-refractivity contribution in [1.29, 1.82) is 0 Å². The predicted molar refractivity (Wildman–Crippen MR) is 160 cm³/mol. The summed E-state index contributed by atoms with van der Waals surface area (Å²) in [6.45, 7) is 1.95. The average Bonchev–Trinajstić information content (AvgIpc) is 3.64. The van der Waals surface area contributed by atoms with Gasteiger partial charge < -0.3 is 19.8 Å². The van der Waals surface area contributed by atoms with E-state index in [0.29, 0.717) is 39.0 Å². The molecule has 0 saturated heterocycles. The minimum absolute atomic E-state index is 0.139. The summed E-state index contributed by atoms with van der Waals surface area (Å²) in [7, 11) is 1.58. The van der Waals surface area contributed by atoms with Crippen LogP contribution in [0, 0.1) is 0 Å². The molecule has 3 aromatic carbocycles. The highest BCUT2D eigenvalue weighted by atomic mass is 32.1. The summed E-state index contributed by atoms with van der Waals surface area (Å²) in [5.41, 5.74) is 6.03. The van der Waals surface area contributed by atoms with E-state index in [4.69, 9.17) is 14.6 Å². The first-order valence-corrected chi connectivity index (χ1v) is 13.8. The lowest BCUT2D eigenvalue weighted by Gasteiger charge is -2.13. The van der Waals surface area contributed by atoms with Gasteiger partial charge in [-0.25, -0.2) is 9.78 Å². The fraction of sp³-hybridized carbons (Fsp3) is 0.0968. The van der Waals surface area contributed by atoms with Gasteiger partial charge in [0.25, 0.3) is 5.56 Å². The van der Waals surface area contributed by atoms with Crippen LogP contribution in [-0.4, -0.2) is 39.3 Å². The van der Waals surface area contributed by atoms with Gasteiger partial charge in [-0.05, 0) is 30.2 Å². The summed E-state index contributed by atoms with van der Waals surface area (Å²) in [5.74, 6) is 0.496. The van der Waals surface area contributed by atoms with Crippen LogP contribution >= 0.6 is 11.3 Å². The highest BCUT2D eigenvalue weighted by Gasteiger charge is 2.24. The number of carbonyl (C=O) groups excluding carboxylic acids is 1. The topological polar surface area (TPSA) is 111 Å². The second-order valence-corrected chi connectivity index (χ2v) is 9.86. The van der Waals surface area contributed by atoms with E-state index in [0.717, 1.165) is 16.7 Å². The molecule has 0 saturated carbocycles. The summed E-state index contributed by atoms with van der Waals surface area (Å²) < 4.78 is 11.9. The maximum atomic E-state index is 14.3. The van der Waals surface area contributed by atoms with Gasteiger partial charge in [-0.2, -0.15) is 9.61 Å². The monoisotopic (exact) mass is 563 g/mol. The zero-order valence-corrected chi connectivity index (χ0v) is 23.1. The predicted octanol–water partition coefficient (Wildman–Crippen LogP) is 6.41. The van der Waals surface area contributed by atoms with E-state index in [9.17, 15) is 9.59 Å². The maximum absolute atomic E-state index is 14.3. The van der Waals surface area contributed by atoms with Crippen molar-refractivity contribution in [2.24, 2.45) is 0 Å². The highest BCUT2D eigenvalue weighted by Crippen LogP contribution is 2.37. The average molecular weight is 564 g/mol. The Bertz CT molecular complexity index is 1900. The van der Waals surface area contributed by atoms with Crippen molar-refractivity contribution in [2.45, 2.75) is 6.92 Å². The van der Waals surface area contributed by atoms with Gasteiger partial charge in [-0.3, -0.25) is 4.79 Å². The van der Waals surface area contributed by atoms with E-state index in [-0.39, 0.29) is 17.9 Å². The quantitative estimate of drug-likeness (QED) is 0.206. The number of carbonyl (C=O) groups is 1. The third-order valence-electron chi connectivity index (χ3n) is 6.55. The lowest BCUT2D eigenvalue weighted by atomic mass is 10.0. The fourth-order valence-electron chi connectivity index (χ4n) is 4.66. The molecule has 10 heteroatoms. The van der Waals surface area contributed by atoms with Crippen LogP contribution in [-0.2, 0) is 4.74 Å². The van der Waals surface area contributed by atoms with Crippen molar-refractivity contribution >= 4 is 33.8 Å². The number of benzene rings is 3. The number of hydrogen-bond donors (Lipinski definition) is 2. The summed E-state index contributed by atoms with van der Waals surface area (Å²) in [5, 5.41) is 8.55. The summed E-state index contributed by atoms with van der Waals surface area (Å²) in [6, 6.07) is 26.7. The van der Waals surface area contributed by atoms with Crippen molar-refractivity contribution in [2.75, 3.05) is 19.0 Å². The molecule has 3 aromatic heterocycles. The van der Waals surface area contributed by atoms with Crippen molar-refractivity contribution in [3.63, 3.8) is 0 Å². The number of esters is 1. The van der Waals surface area contributed by atoms with Crippen LogP contribution in [0.15, 0.2) is 95.2 Å². The maximum Gasteiger partial charge on any atom is 0.360 e. The number of ether oxygens (including phenoxy) is 2.